The fraction of sp³-hybridized carbons (Fsp3) is 0.318. The zero-order valence-corrected chi connectivity index (χ0v) is 18.5. The Morgan fingerprint density at radius 3 is 2.73 bits per heavy atom. The van der Waals surface area contributed by atoms with Crippen molar-refractivity contribution in [3.8, 4) is 5.75 Å². The van der Waals surface area contributed by atoms with Crippen molar-refractivity contribution in [1.29, 1.82) is 0 Å². The standard InChI is InChI=1S/C22H23N5O5S/c28-13-15-8-10-16(11-9-15)31-14-20-25-21(26-32-20)19-7-3-4-12-27(19)33(29,30)22-23-17-5-1-2-6-18(17)24-22/h1-2,5-6,8-11,19,28H,3-4,7,12-14H2,(H,23,24). The molecule has 1 atom stereocenters. The number of aromatic amines is 1. The number of ether oxygens (including phenoxy) is 1. The Kier molecular flexibility index (Phi) is 5.83. The summed E-state index contributed by atoms with van der Waals surface area (Å²) in [6.45, 7) is 0.359. The molecule has 1 aliphatic heterocycles. The molecule has 11 heteroatoms. The molecule has 0 spiro atoms. The van der Waals surface area contributed by atoms with E-state index in [4.69, 9.17) is 14.4 Å². The van der Waals surface area contributed by atoms with Crippen LogP contribution in [0, 0.1) is 0 Å². The van der Waals surface area contributed by atoms with E-state index in [0.29, 0.717) is 35.6 Å². The SMILES string of the molecule is O=S(=O)(c1nc2ccccc2[nH]1)N1CCCCC1c1noc(COc2ccc(CO)cc2)n1. The molecule has 10 nitrogen and oxygen atoms in total. The van der Waals surface area contributed by atoms with E-state index >= 15 is 0 Å². The first-order valence-electron chi connectivity index (χ1n) is 10.7. The Labute approximate surface area is 190 Å². The predicted molar refractivity (Wildman–Crippen MR) is 118 cm³/mol. The Balaban J connectivity index is 1.34. The van der Waals surface area contributed by atoms with Gasteiger partial charge >= 0.3 is 0 Å². The molecule has 3 heterocycles. The molecule has 0 amide bonds. The maximum Gasteiger partial charge on any atom is 0.277 e. The highest BCUT2D eigenvalue weighted by atomic mass is 32.2. The predicted octanol–water partition coefficient (Wildman–Crippen LogP) is 2.93. The maximum absolute atomic E-state index is 13.4. The molecular weight excluding hydrogens is 446 g/mol. The smallest absolute Gasteiger partial charge is 0.277 e. The van der Waals surface area contributed by atoms with Crippen LogP contribution in [0.2, 0.25) is 0 Å². The molecule has 33 heavy (non-hydrogen) atoms. The highest BCUT2D eigenvalue weighted by Crippen LogP contribution is 2.34. The molecule has 2 aromatic carbocycles. The van der Waals surface area contributed by atoms with E-state index in [-0.39, 0.29) is 24.3 Å². The van der Waals surface area contributed by atoms with Crippen LogP contribution in [0.5, 0.6) is 5.75 Å². The fourth-order valence-electron chi connectivity index (χ4n) is 3.91. The van der Waals surface area contributed by atoms with Crippen LogP contribution in [0.25, 0.3) is 11.0 Å². The second-order valence-corrected chi connectivity index (χ2v) is 9.63. The summed E-state index contributed by atoms with van der Waals surface area (Å²) in [6.07, 6.45) is 2.18. The van der Waals surface area contributed by atoms with Gasteiger partial charge in [0.05, 0.1) is 23.7 Å². The average molecular weight is 470 g/mol. The molecule has 0 saturated carbocycles. The van der Waals surface area contributed by atoms with Crippen molar-refractivity contribution in [3.05, 3.63) is 65.8 Å². The summed E-state index contributed by atoms with van der Waals surface area (Å²) in [5.74, 6) is 1.16. The minimum absolute atomic E-state index is 0.0396. The number of aliphatic hydroxyl groups is 1. The average Bonchev–Trinajstić information content (AvgIpc) is 3.51. The van der Waals surface area contributed by atoms with Crippen LogP contribution in [0.1, 0.15) is 42.6 Å². The van der Waals surface area contributed by atoms with Crippen LogP contribution >= 0.6 is 0 Å². The van der Waals surface area contributed by atoms with Crippen LogP contribution in [-0.2, 0) is 23.2 Å². The van der Waals surface area contributed by atoms with Crippen LogP contribution in [0.4, 0.5) is 0 Å². The number of H-pyrrole nitrogens is 1. The largest absolute Gasteiger partial charge is 0.484 e. The van der Waals surface area contributed by atoms with E-state index in [2.05, 4.69) is 20.1 Å². The van der Waals surface area contributed by atoms with Gasteiger partial charge in [-0.1, -0.05) is 35.8 Å². The second-order valence-electron chi connectivity index (χ2n) is 7.82. The van der Waals surface area contributed by atoms with E-state index < -0.39 is 16.1 Å². The topological polar surface area (TPSA) is 134 Å². The number of benzene rings is 2. The van der Waals surface area contributed by atoms with Gasteiger partial charge in [0, 0.05) is 6.54 Å². The maximum atomic E-state index is 13.4. The molecule has 172 valence electrons. The van der Waals surface area contributed by atoms with Gasteiger partial charge < -0.3 is 19.4 Å². The van der Waals surface area contributed by atoms with Crippen molar-refractivity contribution in [2.24, 2.45) is 0 Å². The first-order chi connectivity index (χ1) is 16.0. The van der Waals surface area contributed by atoms with Crippen molar-refractivity contribution in [2.75, 3.05) is 6.54 Å². The zero-order valence-electron chi connectivity index (χ0n) is 17.7. The van der Waals surface area contributed by atoms with Gasteiger partial charge in [-0.2, -0.15) is 9.29 Å². The second kappa shape index (κ2) is 8.93. The number of nitrogens with one attached hydrogen (secondary N) is 1. The molecule has 2 aromatic heterocycles. The Morgan fingerprint density at radius 2 is 1.94 bits per heavy atom. The fourth-order valence-corrected chi connectivity index (χ4v) is 5.49. The van der Waals surface area contributed by atoms with Gasteiger partial charge in [0.15, 0.2) is 12.4 Å². The summed E-state index contributed by atoms with van der Waals surface area (Å²) >= 11 is 0. The van der Waals surface area contributed by atoms with Gasteiger partial charge in [0.1, 0.15) is 5.75 Å². The van der Waals surface area contributed by atoms with Crippen molar-refractivity contribution in [1.82, 2.24) is 24.4 Å². The third-order valence-corrected chi connectivity index (χ3v) is 7.36. The van der Waals surface area contributed by atoms with Gasteiger partial charge in [-0.25, -0.2) is 13.4 Å². The van der Waals surface area contributed by atoms with Crippen LogP contribution in [0.3, 0.4) is 0 Å². The molecule has 1 aliphatic rings. The Morgan fingerprint density at radius 1 is 1.12 bits per heavy atom. The van der Waals surface area contributed by atoms with Gasteiger partial charge in [0.25, 0.3) is 15.9 Å². The number of sulfonamides is 1. The molecule has 1 saturated heterocycles. The normalized spacial score (nSPS) is 17.4. The van der Waals surface area contributed by atoms with Gasteiger partial charge in [-0.15, -0.1) is 0 Å². The number of aromatic nitrogens is 4. The molecule has 5 rings (SSSR count). The third-order valence-electron chi connectivity index (χ3n) is 5.62. The summed E-state index contributed by atoms with van der Waals surface area (Å²) in [6, 6.07) is 13.7. The molecule has 0 bridgehead atoms. The van der Waals surface area contributed by atoms with Crippen molar-refractivity contribution in [3.63, 3.8) is 0 Å². The van der Waals surface area contributed by atoms with Crippen molar-refractivity contribution >= 4 is 21.1 Å². The van der Waals surface area contributed by atoms with Crippen LogP contribution < -0.4 is 4.74 Å². The Bertz CT molecular complexity index is 1320. The third kappa shape index (κ3) is 4.34. The van der Waals surface area contributed by atoms with E-state index in [0.717, 1.165) is 18.4 Å². The zero-order chi connectivity index (χ0) is 22.8. The molecule has 4 aromatic rings. The highest BCUT2D eigenvalue weighted by molar-refractivity contribution is 7.89. The summed E-state index contributed by atoms with van der Waals surface area (Å²) in [7, 11) is -3.88. The molecule has 1 fully saturated rings. The lowest BCUT2D eigenvalue weighted by Crippen LogP contribution is -2.39. The lowest BCUT2D eigenvalue weighted by Gasteiger charge is -2.31. The lowest BCUT2D eigenvalue weighted by molar-refractivity contribution is 0.231. The number of fused-ring (bicyclic) bond motifs is 1. The lowest BCUT2D eigenvalue weighted by atomic mass is 10.0. The van der Waals surface area contributed by atoms with Crippen LogP contribution in [0.15, 0.2) is 58.2 Å². The van der Waals surface area contributed by atoms with E-state index in [1.807, 2.05) is 12.1 Å². The molecule has 2 N–H and O–H groups in total. The summed E-state index contributed by atoms with van der Waals surface area (Å²) in [4.78, 5) is 11.6. The number of hydrogen-bond donors (Lipinski definition) is 2. The molecule has 1 unspecified atom stereocenters. The Hall–Kier alpha value is -3.28. The minimum Gasteiger partial charge on any atom is -0.484 e. The number of nitrogens with zero attached hydrogens (tertiary/aromatic N) is 4. The summed E-state index contributed by atoms with van der Waals surface area (Å²) < 4.78 is 39.2. The van der Waals surface area contributed by atoms with E-state index in [9.17, 15) is 8.42 Å². The molecule has 0 aliphatic carbocycles. The number of piperidine rings is 1. The van der Waals surface area contributed by atoms with Gasteiger partial charge in [-0.05, 0) is 42.7 Å². The first kappa shape index (κ1) is 21.6. The van der Waals surface area contributed by atoms with Gasteiger partial charge in [0.2, 0.25) is 5.16 Å². The number of imidazole rings is 1. The van der Waals surface area contributed by atoms with E-state index in [1.54, 1.807) is 36.4 Å². The monoisotopic (exact) mass is 469 g/mol. The van der Waals surface area contributed by atoms with Crippen molar-refractivity contribution < 1.29 is 22.8 Å². The quantitative estimate of drug-likeness (QED) is 0.422. The molecular formula is C22H23N5O5S. The first-order valence-corrected chi connectivity index (χ1v) is 12.1. The van der Waals surface area contributed by atoms with Gasteiger partial charge in [-0.3, -0.25) is 0 Å². The molecule has 0 radical (unpaired) electrons. The minimum atomic E-state index is -3.88. The number of aliphatic hydroxyl groups excluding tert-OH is 1. The number of hydrogen-bond acceptors (Lipinski definition) is 8. The van der Waals surface area contributed by atoms with Crippen molar-refractivity contribution in [2.45, 2.75) is 43.7 Å². The number of rotatable bonds is 7. The summed E-state index contributed by atoms with van der Waals surface area (Å²) in [5.41, 5.74) is 2.04. The number of para-hydroxylation sites is 2. The summed E-state index contributed by atoms with van der Waals surface area (Å²) in [5, 5.41) is 13.1. The highest BCUT2D eigenvalue weighted by Gasteiger charge is 2.38. The van der Waals surface area contributed by atoms with E-state index in [1.165, 1.54) is 4.31 Å². The van der Waals surface area contributed by atoms with Crippen LogP contribution in [-0.4, -0.2) is 44.5 Å².